The van der Waals surface area contributed by atoms with Crippen LogP contribution < -0.4 is 10.6 Å². The Morgan fingerprint density at radius 1 is 1.08 bits per heavy atom. The minimum atomic E-state index is -0.480. The summed E-state index contributed by atoms with van der Waals surface area (Å²) < 4.78 is 0. The van der Waals surface area contributed by atoms with Gasteiger partial charge in [0.05, 0.1) is 4.92 Å². The molecule has 7 heteroatoms. The van der Waals surface area contributed by atoms with Crippen LogP contribution in [-0.4, -0.2) is 16.7 Å². The van der Waals surface area contributed by atoms with Crippen molar-refractivity contribution in [3.8, 4) is 0 Å². The number of nitro benzene ring substituents is 1. The van der Waals surface area contributed by atoms with Crippen molar-refractivity contribution in [2.24, 2.45) is 0 Å². The number of benzene rings is 2. The number of amides is 2. The third-order valence-corrected chi connectivity index (χ3v) is 3.86. The minimum absolute atomic E-state index is 0.0244. The molecule has 0 radical (unpaired) electrons. The summed E-state index contributed by atoms with van der Waals surface area (Å²) in [6.07, 6.45) is 2.26. The number of rotatable bonds is 7. The molecule has 0 fully saturated rings. The molecule has 2 amide bonds. The summed E-state index contributed by atoms with van der Waals surface area (Å²) in [6, 6.07) is 10.8. The molecular weight excluding hydrogens is 334 g/mol. The second-order valence-corrected chi connectivity index (χ2v) is 5.94. The third kappa shape index (κ3) is 5.14. The molecule has 0 atom stereocenters. The van der Waals surface area contributed by atoms with Crippen LogP contribution in [0.1, 0.15) is 42.1 Å². The number of hydrogen-bond acceptors (Lipinski definition) is 4. The molecule has 0 aliphatic heterocycles. The van der Waals surface area contributed by atoms with Gasteiger partial charge in [-0.25, -0.2) is 0 Å². The van der Waals surface area contributed by atoms with Crippen LogP contribution in [0.2, 0.25) is 0 Å². The smallest absolute Gasteiger partial charge is 0.269 e. The molecule has 26 heavy (non-hydrogen) atoms. The van der Waals surface area contributed by atoms with Crippen LogP contribution in [0.15, 0.2) is 42.5 Å². The molecule has 2 rings (SSSR count). The molecule has 2 aromatic rings. The third-order valence-electron chi connectivity index (χ3n) is 3.86. The van der Waals surface area contributed by atoms with Gasteiger partial charge in [0.1, 0.15) is 0 Å². The van der Waals surface area contributed by atoms with E-state index in [1.165, 1.54) is 18.2 Å². The normalized spacial score (nSPS) is 10.2. The van der Waals surface area contributed by atoms with Gasteiger partial charge in [-0.2, -0.15) is 0 Å². The monoisotopic (exact) mass is 355 g/mol. The summed E-state index contributed by atoms with van der Waals surface area (Å²) in [7, 11) is 0. The van der Waals surface area contributed by atoms with Crippen molar-refractivity contribution in [1.29, 1.82) is 0 Å². The number of unbranched alkanes of at least 4 members (excludes halogenated alkanes) is 1. The van der Waals surface area contributed by atoms with Crippen LogP contribution in [-0.2, 0) is 4.79 Å². The summed E-state index contributed by atoms with van der Waals surface area (Å²) in [5, 5.41) is 16.3. The van der Waals surface area contributed by atoms with Gasteiger partial charge in [-0.3, -0.25) is 19.7 Å². The van der Waals surface area contributed by atoms with Crippen molar-refractivity contribution in [3.63, 3.8) is 0 Å². The molecule has 0 saturated heterocycles. The highest BCUT2D eigenvalue weighted by molar-refractivity contribution is 6.05. The number of nitrogens with one attached hydrogen (secondary N) is 2. The average molecular weight is 355 g/mol. The van der Waals surface area contributed by atoms with E-state index in [0.717, 1.165) is 12.8 Å². The Kier molecular flexibility index (Phi) is 6.43. The van der Waals surface area contributed by atoms with E-state index in [2.05, 4.69) is 10.6 Å². The summed E-state index contributed by atoms with van der Waals surface area (Å²) in [6.45, 7) is 3.71. The fourth-order valence-corrected chi connectivity index (χ4v) is 2.36. The van der Waals surface area contributed by atoms with Gasteiger partial charge in [-0.15, -0.1) is 0 Å². The Balaban J connectivity index is 2.02. The van der Waals surface area contributed by atoms with E-state index in [1.54, 1.807) is 31.2 Å². The summed E-state index contributed by atoms with van der Waals surface area (Å²) in [4.78, 5) is 34.3. The number of aryl methyl sites for hydroxylation is 1. The van der Waals surface area contributed by atoms with Crippen molar-refractivity contribution in [2.75, 3.05) is 10.6 Å². The molecule has 0 heterocycles. The molecule has 0 saturated carbocycles. The molecule has 2 aromatic carbocycles. The van der Waals surface area contributed by atoms with E-state index >= 15 is 0 Å². The molecule has 0 spiro atoms. The van der Waals surface area contributed by atoms with Gasteiger partial charge in [0.2, 0.25) is 5.91 Å². The maximum Gasteiger partial charge on any atom is 0.269 e. The Bertz CT molecular complexity index is 816. The van der Waals surface area contributed by atoms with Gasteiger partial charge in [0.25, 0.3) is 11.6 Å². The van der Waals surface area contributed by atoms with Gasteiger partial charge >= 0.3 is 0 Å². The van der Waals surface area contributed by atoms with Crippen molar-refractivity contribution >= 4 is 28.9 Å². The van der Waals surface area contributed by atoms with Gasteiger partial charge in [-0.1, -0.05) is 13.3 Å². The van der Waals surface area contributed by atoms with Crippen LogP contribution in [0.5, 0.6) is 0 Å². The van der Waals surface area contributed by atoms with E-state index < -0.39 is 4.92 Å². The first-order valence-corrected chi connectivity index (χ1v) is 8.37. The van der Waals surface area contributed by atoms with Gasteiger partial charge in [0.15, 0.2) is 0 Å². The zero-order valence-corrected chi connectivity index (χ0v) is 14.7. The molecule has 0 aromatic heterocycles. The van der Waals surface area contributed by atoms with Crippen molar-refractivity contribution in [1.82, 2.24) is 0 Å². The maximum atomic E-state index is 12.3. The molecule has 2 N–H and O–H groups in total. The van der Waals surface area contributed by atoms with Crippen LogP contribution in [0.25, 0.3) is 0 Å². The zero-order chi connectivity index (χ0) is 19.1. The molecular formula is C19H21N3O4. The Labute approximate surface area is 151 Å². The number of anilines is 2. The van der Waals surface area contributed by atoms with Crippen LogP contribution >= 0.6 is 0 Å². The topological polar surface area (TPSA) is 101 Å². The molecule has 0 bridgehead atoms. The number of nitro groups is 1. The Hall–Kier alpha value is -3.22. The van der Waals surface area contributed by atoms with Crippen molar-refractivity contribution in [2.45, 2.75) is 33.1 Å². The van der Waals surface area contributed by atoms with Gasteiger partial charge in [-0.05, 0) is 49.2 Å². The van der Waals surface area contributed by atoms with Crippen LogP contribution in [0.4, 0.5) is 17.1 Å². The van der Waals surface area contributed by atoms with E-state index in [4.69, 9.17) is 0 Å². The SMILES string of the molecule is CCCCC(=O)Nc1ccc(C(=O)Nc2ccc([N+](=O)[O-])cc2C)cc1. The van der Waals surface area contributed by atoms with E-state index in [0.29, 0.717) is 28.9 Å². The minimum Gasteiger partial charge on any atom is -0.326 e. The second kappa shape index (κ2) is 8.75. The lowest BCUT2D eigenvalue weighted by molar-refractivity contribution is -0.384. The average Bonchev–Trinajstić information content (AvgIpc) is 2.62. The first-order chi connectivity index (χ1) is 12.4. The number of carbonyl (C=O) groups is 2. The summed E-state index contributed by atoms with van der Waals surface area (Å²) >= 11 is 0. The lowest BCUT2D eigenvalue weighted by Crippen LogP contribution is -2.14. The largest absolute Gasteiger partial charge is 0.326 e. The standard InChI is InChI=1S/C19H21N3O4/c1-3-4-5-18(23)20-15-8-6-14(7-9-15)19(24)21-17-11-10-16(22(25)26)12-13(17)2/h6-12H,3-5H2,1-2H3,(H,20,23)(H,21,24). The van der Waals surface area contributed by atoms with Crippen molar-refractivity contribution < 1.29 is 14.5 Å². The second-order valence-electron chi connectivity index (χ2n) is 5.94. The predicted octanol–water partition coefficient (Wildman–Crippen LogP) is 4.28. The van der Waals surface area contributed by atoms with E-state index in [9.17, 15) is 19.7 Å². The maximum absolute atomic E-state index is 12.3. The Morgan fingerprint density at radius 2 is 1.77 bits per heavy atom. The first kappa shape index (κ1) is 19.1. The van der Waals surface area contributed by atoms with Gasteiger partial charge < -0.3 is 10.6 Å². The fourth-order valence-electron chi connectivity index (χ4n) is 2.36. The fraction of sp³-hybridized carbons (Fsp3) is 0.263. The van der Waals surface area contributed by atoms with Crippen LogP contribution in [0.3, 0.4) is 0 Å². The lowest BCUT2D eigenvalue weighted by Gasteiger charge is -2.09. The summed E-state index contributed by atoms with van der Waals surface area (Å²) in [5.74, 6) is -0.378. The predicted molar refractivity (Wildman–Crippen MR) is 100 cm³/mol. The van der Waals surface area contributed by atoms with Crippen LogP contribution in [0, 0.1) is 17.0 Å². The number of nitrogens with zero attached hydrogens (tertiary/aromatic N) is 1. The van der Waals surface area contributed by atoms with E-state index in [1.807, 2.05) is 6.92 Å². The molecule has 0 unspecified atom stereocenters. The number of non-ortho nitro benzene ring substituents is 1. The number of carbonyl (C=O) groups excluding carboxylic acids is 2. The molecule has 7 nitrogen and oxygen atoms in total. The highest BCUT2D eigenvalue weighted by atomic mass is 16.6. The lowest BCUT2D eigenvalue weighted by atomic mass is 10.1. The van der Waals surface area contributed by atoms with Gasteiger partial charge in [0, 0.05) is 35.5 Å². The molecule has 0 aliphatic carbocycles. The van der Waals surface area contributed by atoms with E-state index in [-0.39, 0.29) is 17.5 Å². The first-order valence-electron chi connectivity index (χ1n) is 8.37. The highest BCUT2D eigenvalue weighted by Crippen LogP contribution is 2.22. The zero-order valence-electron chi connectivity index (χ0n) is 14.7. The number of hydrogen-bond donors (Lipinski definition) is 2. The molecule has 0 aliphatic rings. The molecule has 136 valence electrons. The highest BCUT2D eigenvalue weighted by Gasteiger charge is 2.12. The Morgan fingerprint density at radius 3 is 2.35 bits per heavy atom. The quantitative estimate of drug-likeness (QED) is 0.571. The van der Waals surface area contributed by atoms with Crippen molar-refractivity contribution in [3.05, 3.63) is 63.7 Å². The summed E-state index contributed by atoms with van der Waals surface area (Å²) in [5.41, 5.74) is 2.15.